The fraction of sp³-hybridized carbons (Fsp3) is 0.167. The van der Waals surface area contributed by atoms with Crippen molar-refractivity contribution in [3.63, 3.8) is 0 Å². The molecule has 4 rings (SSSR count). The fourth-order valence-electron chi connectivity index (χ4n) is 2.64. The third-order valence-electron chi connectivity index (χ3n) is 4.02. The van der Waals surface area contributed by atoms with Crippen molar-refractivity contribution in [1.29, 1.82) is 0 Å². The Bertz CT molecular complexity index is 1120. The van der Waals surface area contributed by atoms with Gasteiger partial charge in [-0.3, -0.25) is 14.9 Å². The fourth-order valence-corrected chi connectivity index (χ4v) is 3.20. The van der Waals surface area contributed by atoms with Crippen LogP contribution in [0.5, 0.6) is 17.2 Å². The van der Waals surface area contributed by atoms with Crippen LogP contribution in [0.15, 0.2) is 46.0 Å². The zero-order valence-electron chi connectivity index (χ0n) is 15.5. The molecule has 2 aromatic carbocycles. The number of carbonyl (C=O) groups excluding carboxylic acids is 1. The first-order valence-electron chi connectivity index (χ1n) is 8.52. The summed E-state index contributed by atoms with van der Waals surface area (Å²) in [5.74, 6) is 1.35. The number of non-ortho nitro benzene ring substituents is 1. The molecule has 0 aliphatic carbocycles. The van der Waals surface area contributed by atoms with Crippen LogP contribution in [-0.2, 0) is 4.79 Å². The van der Waals surface area contributed by atoms with Crippen molar-refractivity contribution in [2.24, 2.45) is 0 Å². The Hall–Kier alpha value is -3.80. The summed E-state index contributed by atoms with van der Waals surface area (Å²) in [6, 6.07) is 9.17. The van der Waals surface area contributed by atoms with E-state index in [9.17, 15) is 14.9 Å². The van der Waals surface area contributed by atoms with Crippen molar-refractivity contribution >= 4 is 29.0 Å². The number of amides is 1. The number of nitro groups is 1. The van der Waals surface area contributed by atoms with E-state index in [1.165, 1.54) is 25.3 Å². The lowest BCUT2D eigenvalue weighted by molar-refractivity contribution is -0.384. The molecular weight excluding hydrogens is 416 g/mol. The Balaban J connectivity index is 1.39. The second kappa shape index (κ2) is 8.29. The standard InChI is InChI=1S/C18H14N4O7S/c1-26-13-5-3-11(22(24)25)7-12(13)19-16(23)8-30-18-21-20-17(29-18)10-2-4-14-15(6-10)28-9-27-14/h2-7H,8-9H2,1H3,(H,19,23). The zero-order chi connectivity index (χ0) is 21.1. The lowest BCUT2D eigenvalue weighted by Crippen LogP contribution is -2.14. The summed E-state index contributed by atoms with van der Waals surface area (Å²) in [6.45, 7) is 0.161. The molecule has 1 N–H and O–H groups in total. The smallest absolute Gasteiger partial charge is 0.277 e. The van der Waals surface area contributed by atoms with E-state index in [4.69, 9.17) is 18.6 Å². The van der Waals surface area contributed by atoms with E-state index < -0.39 is 10.8 Å². The average molecular weight is 430 g/mol. The lowest BCUT2D eigenvalue weighted by Gasteiger charge is -2.09. The number of hydrogen-bond donors (Lipinski definition) is 1. The second-order valence-electron chi connectivity index (χ2n) is 5.92. The summed E-state index contributed by atoms with van der Waals surface area (Å²) in [6.07, 6.45) is 0. The van der Waals surface area contributed by atoms with Gasteiger partial charge in [-0.1, -0.05) is 11.8 Å². The molecule has 1 aliphatic heterocycles. The minimum atomic E-state index is -0.556. The van der Waals surface area contributed by atoms with Gasteiger partial charge in [0.25, 0.3) is 10.9 Å². The van der Waals surface area contributed by atoms with Crippen molar-refractivity contribution in [2.75, 3.05) is 25.0 Å². The van der Waals surface area contributed by atoms with E-state index >= 15 is 0 Å². The maximum atomic E-state index is 12.3. The Labute approximate surface area is 173 Å². The molecule has 0 radical (unpaired) electrons. The van der Waals surface area contributed by atoms with E-state index in [2.05, 4.69) is 15.5 Å². The Morgan fingerprint density at radius 2 is 2.07 bits per heavy atom. The van der Waals surface area contributed by atoms with Gasteiger partial charge in [-0.2, -0.15) is 0 Å². The number of anilines is 1. The molecule has 0 saturated heterocycles. The van der Waals surface area contributed by atoms with E-state index in [1.807, 2.05) is 0 Å². The summed E-state index contributed by atoms with van der Waals surface area (Å²) < 4.78 is 21.3. The van der Waals surface area contributed by atoms with E-state index in [0.29, 0.717) is 22.8 Å². The molecule has 0 unspecified atom stereocenters. The summed E-state index contributed by atoms with van der Waals surface area (Å²) in [5.41, 5.74) is 0.692. The normalized spacial score (nSPS) is 11.9. The van der Waals surface area contributed by atoms with Gasteiger partial charge in [0, 0.05) is 17.7 Å². The van der Waals surface area contributed by atoms with Crippen LogP contribution in [0.1, 0.15) is 0 Å². The van der Waals surface area contributed by atoms with Crippen molar-refractivity contribution in [2.45, 2.75) is 5.22 Å². The van der Waals surface area contributed by atoms with Gasteiger partial charge in [0.05, 0.1) is 23.5 Å². The minimum Gasteiger partial charge on any atom is -0.495 e. The van der Waals surface area contributed by atoms with E-state index in [1.54, 1.807) is 18.2 Å². The third-order valence-corrected chi connectivity index (χ3v) is 4.84. The Morgan fingerprint density at radius 1 is 1.23 bits per heavy atom. The molecule has 0 fully saturated rings. The molecule has 30 heavy (non-hydrogen) atoms. The number of aromatic nitrogens is 2. The second-order valence-corrected chi connectivity index (χ2v) is 6.85. The van der Waals surface area contributed by atoms with Crippen molar-refractivity contribution in [3.05, 3.63) is 46.5 Å². The molecule has 154 valence electrons. The largest absolute Gasteiger partial charge is 0.495 e. The van der Waals surface area contributed by atoms with Crippen molar-refractivity contribution < 1.29 is 28.3 Å². The summed E-state index contributed by atoms with van der Waals surface area (Å²) in [5, 5.41) is 21.6. The quantitative estimate of drug-likeness (QED) is 0.338. The predicted octanol–water partition coefficient (Wildman–Crippen LogP) is 3.11. The number of thioether (sulfide) groups is 1. The highest BCUT2D eigenvalue weighted by Gasteiger charge is 2.18. The topological polar surface area (TPSA) is 139 Å². The number of hydrogen-bond acceptors (Lipinski definition) is 10. The maximum absolute atomic E-state index is 12.3. The van der Waals surface area contributed by atoms with Crippen LogP contribution in [-0.4, -0.2) is 40.7 Å². The number of benzene rings is 2. The molecule has 0 spiro atoms. The molecule has 1 amide bonds. The van der Waals surface area contributed by atoms with Crippen LogP contribution in [0.2, 0.25) is 0 Å². The molecule has 12 heteroatoms. The van der Waals surface area contributed by atoms with Crippen LogP contribution >= 0.6 is 11.8 Å². The first-order valence-corrected chi connectivity index (χ1v) is 9.50. The Kier molecular flexibility index (Phi) is 5.39. The summed E-state index contributed by atoms with van der Waals surface area (Å²) in [4.78, 5) is 22.6. The number of nitrogens with zero attached hydrogens (tertiary/aromatic N) is 3. The van der Waals surface area contributed by atoms with Gasteiger partial charge in [0.15, 0.2) is 11.5 Å². The first-order chi connectivity index (χ1) is 14.5. The van der Waals surface area contributed by atoms with E-state index in [-0.39, 0.29) is 35.0 Å². The van der Waals surface area contributed by atoms with Gasteiger partial charge in [0.2, 0.25) is 18.6 Å². The molecule has 0 atom stereocenters. The van der Waals surface area contributed by atoms with Crippen LogP contribution < -0.4 is 19.5 Å². The minimum absolute atomic E-state index is 0.0470. The van der Waals surface area contributed by atoms with Crippen LogP contribution in [0.25, 0.3) is 11.5 Å². The average Bonchev–Trinajstić information content (AvgIpc) is 3.41. The van der Waals surface area contributed by atoms with Gasteiger partial charge >= 0.3 is 0 Å². The Morgan fingerprint density at radius 3 is 2.87 bits per heavy atom. The molecule has 11 nitrogen and oxygen atoms in total. The highest BCUT2D eigenvalue weighted by molar-refractivity contribution is 7.99. The number of methoxy groups -OCH3 is 1. The van der Waals surface area contributed by atoms with E-state index in [0.717, 1.165) is 11.8 Å². The lowest BCUT2D eigenvalue weighted by atomic mass is 10.2. The molecule has 1 aromatic heterocycles. The van der Waals surface area contributed by atoms with Gasteiger partial charge in [-0.05, 0) is 24.3 Å². The number of rotatable bonds is 7. The third kappa shape index (κ3) is 4.12. The monoisotopic (exact) mass is 430 g/mol. The van der Waals surface area contributed by atoms with Crippen molar-refractivity contribution in [3.8, 4) is 28.7 Å². The molecule has 0 saturated carbocycles. The summed E-state index contributed by atoms with van der Waals surface area (Å²) >= 11 is 1.03. The van der Waals surface area contributed by atoms with Gasteiger partial charge < -0.3 is 23.9 Å². The molecule has 2 heterocycles. The maximum Gasteiger partial charge on any atom is 0.277 e. The highest BCUT2D eigenvalue weighted by atomic mass is 32.2. The molecular formula is C18H14N4O7S. The van der Waals surface area contributed by atoms with Gasteiger partial charge in [-0.15, -0.1) is 10.2 Å². The predicted molar refractivity (Wildman–Crippen MR) is 105 cm³/mol. The number of nitrogens with one attached hydrogen (secondary N) is 1. The molecule has 3 aromatic rings. The van der Waals surface area contributed by atoms with Crippen LogP contribution in [0.3, 0.4) is 0 Å². The number of fused-ring (bicyclic) bond motifs is 1. The number of nitro benzene ring substituents is 1. The molecule has 1 aliphatic rings. The van der Waals surface area contributed by atoms with Crippen LogP contribution in [0.4, 0.5) is 11.4 Å². The highest BCUT2D eigenvalue weighted by Crippen LogP contribution is 2.36. The van der Waals surface area contributed by atoms with Crippen LogP contribution in [0, 0.1) is 10.1 Å². The van der Waals surface area contributed by atoms with Gasteiger partial charge in [0.1, 0.15) is 5.75 Å². The number of ether oxygens (including phenoxy) is 3. The van der Waals surface area contributed by atoms with Gasteiger partial charge in [-0.25, -0.2) is 0 Å². The summed E-state index contributed by atoms with van der Waals surface area (Å²) in [7, 11) is 1.40. The SMILES string of the molecule is COc1ccc([N+](=O)[O-])cc1NC(=O)CSc1nnc(-c2ccc3c(c2)OCO3)o1. The van der Waals surface area contributed by atoms with Crippen molar-refractivity contribution in [1.82, 2.24) is 10.2 Å². The number of carbonyl (C=O) groups is 1. The zero-order valence-corrected chi connectivity index (χ0v) is 16.3. The first kappa shape index (κ1) is 19.5. The molecule has 0 bridgehead atoms.